The summed E-state index contributed by atoms with van der Waals surface area (Å²) in [5, 5.41) is 0. The molecule has 1 aromatic rings. The molecular weight excluding hydrogens is 289 g/mol. The third-order valence-electron chi connectivity index (χ3n) is 3.43. The van der Waals surface area contributed by atoms with Gasteiger partial charge in [-0.1, -0.05) is 12.1 Å². The van der Waals surface area contributed by atoms with Gasteiger partial charge in [-0.25, -0.2) is 4.39 Å². The van der Waals surface area contributed by atoms with Gasteiger partial charge in [0.15, 0.2) is 0 Å². The maximum absolute atomic E-state index is 13.0. The molecule has 0 unspecified atom stereocenters. The van der Waals surface area contributed by atoms with E-state index in [0.717, 1.165) is 12.0 Å². The van der Waals surface area contributed by atoms with Crippen molar-refractivity contribution >= 4 is 11.9 Å². The van der Waals surface area contributed by atoms with Crippen molar-refractivity contribution in [2.45, 2.75) is 32.4 Å². The number of rotatable bonds is 6. The first kappa shape index (κ1) is 16.4. The van der Waals surface area contributed by atoms with E-state index >= 15 is 0 Å². The highest BCUT2D eigenvalue weighted by Crippen LogP contribution is 2.17. The molecule has 0 N–H and O–H groups in total. The van der Waals surface area contributed by atoms with Crippen LogP contribution >= 0.6 is 0 Å². The van der Waals surface area contributed by atoms with Crippen molar-refractivity contribution in [3.8, 4) is 0 Å². The predicted octanol–water partition coefficient (Wildman–Crippen LogP) is 1.90. The molecule has 1 fully saturated rings. The van der Waals surface area contributed by atoms with E-state index in [9.17, 15) is 14.0 Å². The molecule has 1 atom stereocenters. The Bertz CT molecular complexity index is 511. The van der Waals surface area contributed by atoms with Crippen LogP contribution in [0.2, 0.25) is 0 Å². The quantitative estimate of drug-likeness (QED) is 0.753. The van der Waals surface area contributed by atoms with Crippen molar-refractivity contribution in [1.29, 1.82) is 0 Å². The summed E-state index contributed by atoms with van der Waals surface area (Å²) in [6.45, 7) is 2.61. The minimum Gasteiger partial charge on any atom is -0.465 e. The van der Waals surface area contributed by atoms with Crippen LogP contribution in [0, 0.1) is 5.82 Å². The molecule has 0 aromatic heterocycles. The van der Waals surface area contributed by atoms with Gasteiger partial charge < -0.3 is 14.4 Å². The molecule has 5 nitrogen and oxygen atoms in total. The van der Waals surface area contributed by atoms with E-state index in [2.05, 4.69) is 0 Å². The summed E-state index contributed by atoms with van der Waals surface area (Å²) in [4.78, 5) is 25.6. The van der Waals surface area contributed by atoms with E-state index < -0.39 is 12.1 Å². The smallest absolute Gasteiger partial charge is 0.325 e. The Kier molecular flexibility index (Phi) is 5.89. The van der Waals surface area contributed by atoms with Crippen molar-refractivity contribution in [3.05, 3.63) is 35.6 Å². The van der Waals surface area contributed by atoms with E-state index in [4.69, 9.17) is 9.47 Å². The molecule has 1 aliphatic rings. The summed E-state index contributed by atoms with van der Waals surface area (Å²) in [5.41, 5.74) is 0.747. The zero-order valence-electron chi connectivity index (χ0n) is 12.6. The van der Waals surface area contributed by atoms with E-state index in [1.807, 2.05) is 0 Å². The Morgan fingerprint density at radius 1 is 1.36 bits per heavy atom. The Balaban J connectivity index is 2.07. The first-order chi connectivity index (χ1) is 10.6. The van der Waals surface area contributed by atoms with E-state index in [1.165, 1.54) is 17.0 Å². The molecule has 0 spiro atoms. The largest absolute Gasteiger partial charge is 0.465 e. The number of halogens is 1. The van der Waals surface area contributed by atoms with Crippen molar-refractivity contribution in [3.63, 3.8) is 0 Å². The zero-order chi connectivity index (χ0) is 15.9. The number of hydrogen-bond donors (Lipinski definition) is 0. The van der Waals surface area contributed by atoms with Gasteiger partial charge in [0.1, 0.15) is 18.5 Å². The fourth-order valence-corrected chi connectivity index (χ4v) is 2.36. The lowest BCUT2D eigenvalue weighted by molar-refractivity contribution is -0.152. The van der Waals surface area contributed by atoms with Crippen LogP contribution < -0.4 is 0 Å². The molecule has 1 aliphatic heterocycles. The molecule has 6 heteroatoms. The average Bonchev–Trinajstić information content (AvgIpc) is 3.02. The van der Waals surface area contributed by atoms with Gasteiger partial charge in [0.2, 0.25) is 0 Å². The zero-order valence-corrected chi connectivity index (χ0v) is 12.6. The molecule has 22 heavy (non-hydrogen) atoms. The summed E-state index contributed by atoms with van der Waals surface area (Å²) in [6.07, 6.45) is 0.983. The first-order valence-electron chi connectivity index (χ1n) is 7.40. The molecule has 1 heterocycles. The minimum atomic E-state index is -0.505. The highest BCUT2D eigenvalue weighted by molar-refractivity contribution is 5.85. The van der Waals surface area contributed by atoms with Crippen LogP contribution in [0.25, 0.3) is 0 Å². The number of benzene rings is 1. The lowest BCUT2D eigenvalue weighted by atomic mass is 10.1. The monoisotopic (exact) mass is 309 g/mol. The summed E-state index contributed by atoms with van der Waals surface area (Å²) in [6, 6.07) is 5.84. The third-order valence-corrected chi connectivity index (χ3v) is 3.43. The Morgan fingerprint density at radius 3 is 2.68 bits per heavy atom. The summed E-state index contributed by atoms with van der Waals surface area (Å²) >= 11 is 0. The van der Waals surface area contributed by atoms with Gasteiger partial charge in [-0.15, -0.1) is 0 Å². The Labute approximate surface area is 129 Å². The number of carbonyl (C=O) groups excluding carboxylic acids is 2. The topological polar surface area (TPSA) is 55.8 Å². The van der Waals surface area contributed by atoms with Gasteiger partial charge in [0.25, 0.3) is 5.91 Å². The minimum absolute atomic E-state index is 0.135. The second kappa shape index (κ2) is 7.89. The fourth-order valence-electron chi connectivity index (χ4n) is 2.36. The van der Waals surface area contributed by atoms with Crippen molar-refractivity contribution in [2.75, 3.05) is 19.8 Å². The van der Waals surface area contributed by atoms with Crippen LogP contribution in [0.3, 0.4) is 0 Å². The molecule has 0 radical (unpaired) electrons. The van der Waals surface area contributed by atoms with Gasteiger partial charge in [-0.05, 0) is 37.5 Å². The summed E-state index contributed by atoms with van der Waals surface area (Å²) < 4.78 is 23.3. The highest BCUT2D eigenvalue weighted by atomic mass is 19.1. The normalized spacial score (nSPS) is 17.3. The second-order valence-corrected chi connectivity index (χ2v) is 5.13. The highest BCUT2D eigenvalue weighted by Gasteiger charge is 2.29. The molecule has 1 amide bonds. The summed E-state index contributed by atoms with van der Waals surface area (Å²) in [7, 11) is 0. The molecule has 1 aromatic carbocycles. The van der Waals surface area contributed by atoms with Gasteiger partial charge in [-0.3, -0.25) is 9.59 Å². The van der Waals surface area contributed by atoms with Crippen LogP contribution in [-0.2, 0) is 25.6 Å². The fraction of sp³-hybridized carbons (Fsp3) is 0.500. The lowest BCUT2D eigenvalue weighted by Gasteiger charge is -2.24. The third kappa shape index (κ3) is 4.53. The molecule has 1 saturated heterocycles. The first-order valence-corrected chi connectivity index (χ1v) is 7.40. The van der Waals surface area contributed by atoms with E-state index in [-0.39, 0.29) is 31.4 Å². The predicted molar refractivity (Wildman–Crippen MR) is 77.4 cm³/mol. The van der Waals surface area contributed by atoms with Crippen LogP contribution in [-0.4, -0.2) is 42.6 Å². The van der Waals surface area contributed by atoms with Crippen molar-refractivity contribution in [2.24, 2.45) is 0 Å². The average molecular weight is 309 g/mol. The maximum Gasteiger partial charge on any atom is 0.325 e. The van der Waals surface area contributed by atoms with Gasteiger partial charge >= 0.3 is 5.97 Å². The maximum atomic E-state index is 13.0. The molecule has 120 valence electrons. The molecule has 0 aliphatic carbocycles. The SMILES string of the molecule is CCOC(=O)CN(Cc1ccc(F)cc1)C(=O)[C@@H]1CCCO1. The standard InChI is InChI=1S/C16H20FNO4/c1-2-21-15(19)11-18(16(20)14-4-3-9-22-14)10-12-5-7-13(17)8-6-12/h5-8,14H,2-4,9-11H2,1H3/t14-/m0/s1. The van der Waals surface area contributed by atoms with Crippen LogP contribution in [0.5, 0.6) is 0 Å². The Hall–Kier alpha value is -1.95. The van der Waals surface area contributed by atoms with Crippen molar-refractivity contribution in [1.82, 2.24) is 4.90 Å². The number of hydrogen-bond acceptors (Lipinski definition) is 4. The number of carbonyl (C=O) groups is 2. The van der Waals surface area contributed by atoms with Crippen molar-refractivity contribution < 1.29 is 23.5 Å². The van der Waals surface area contributed by atoms with E-state index in [0.29, 0.717) is 13.0 Å². The Morgan fingerprint density at radius 2 is 2.09 bits per heavy atom. The van der Waals surface area contributed by atoms with Gasteiger partial charge in [0.05, 0.1) is 6.61 Å². The number of ether oxygens (including phenoxy) is 2. The summed E-state index contributed by atoms with van der Waals surface area (Å²) in [5.74, 6) is -1.03. The van der Waals surface area contributed by atoms with Crippen LogP contribution in [0.4, 0.5) is 4.39 Å². The van der Waals surface area contributed by atoms with E-state index in [1.54, 1.807) is 19.1 Å². The second-order valence-electron chi connectivity index (χ2n) is 5.13. The molecule has 0 bridgehead atoms. The molecular formula is C16H20FNO4. The lowest BCUT2D eigenvalue weighted by Crippen LogP contribution is -2.41. The number of esters is 1. The number of nitrogens with zero attached hydrogens (tertiary/aromatic N) is 1. The van der Waals surface area contributed by atoms with Gasteiger partial charge in [0, 0.05) is 13.2 Å². The molecule has 0 saturated carbocycles. The number of amides is 1. The molecule has 2 rings (SSSR count). The van der Waals surface area contributed by atoms with Gasteiger partial charge in [-0.2, -0.15) is 0 Å². The van der Waals surface area contributed by atoms with Crippen LogP contribution in [0.1, 0.15) is 25.3 Å². The van der Waals surface area contributed by atoms with Crippen LogP contribution in [0.15, 0.2) is 24.3 Å².